The number of hydrogen-bond acceptors (Lipinski definition) is 3. The first-order valence-corrected chi connectivity index (χ1v) is 8.16. The number of nitrogens with zero attached hydrogens (tertiary/aromatic N) is 3. The Kier molecular flexibility index (Phi) is 8.46. The number of guanidine groups is 1. The quantitative estimate of drug-likeness (QED) is 0.413. The summed E-state index contributed by atoms with van der Waals surface area (Å²) >= 11 is 5.83. The van der Waals surface area contributed by atoms with Crippen molar-refractivity contribution in [2.75, 3.05) is 0 Å². The number of rotatable bonds is 4. The molecular formula is C18H18Cl2F3N5. The fraction of sp³-hybridized carbons (Fsp3) is 0.167. The van der Waals surface area contributed by atoms with Crippen molar-refractivity contribution in [1.82, 2.24) is 5.43 Å². The van der Waals surface area contributed by atoms with Gasteiger partial charge in [-0.05, 0) is 49.2 Å². The number of alkyl halides is 3. The van der Waals surface area contributed by atoms with E-state index >= 15 is 0 Å². The van der Waals surface area contributed by atoms with Crippen LogP contribution in [0.25, 0.3) is 0 Å². The van der Waals surface area contributed by atoms with Gasteiger partial charge in [0.05, 0.1) is 17.0 Å². The first-order valence-electron chi connectivity index (χ1n) is 7.78. The van der Waals surface area contributed by atoms with Crippen molar-refractivity contribution >= 4 is 41.4 Å². The molecule has 0 spiro atoms. The molecule has 0 aliphatic carbocycles. The number of hydrogen-bond donors (Lipinski definition) is 2. The minimum Gasteiger partial charge on any atom is -0.367 e. The van der Waals surface area contributed by atoms with E-state index in [1.165, 1.54) is 12.1 Å². The van der Waals surface area contributed by atoms with Crippen molar-refractivity contribution in [2.45, 2.75) is 20.0 Å². The van der Waals surface area contributed by atoms with E-state index in [4.69, 9.17) is 17.3 Å². The predicted molar refractivity (Wildman–Crippen MR) is 109 cm³/mol. The molecule has 0 aromatic heterocycles. The molecule has 0 saturated heterocycles. The molecule has 28 heavy (non-hydrogen) atoms. The summed E-state index contributed by atoms with van der Waals surface area (Å²) in [6, 6.07) is 11.7. The molecule has 0 radical (unpaired) electrons. The highest BCUT2D eigenvalue weighted by atomic mass is 35.5. The molecule has 2 aromatic carbocycles. The Morgan fingerprint density at radius 3 is 1.93 bits per heavy atom. The summed E-state index contributed by atoms with van der Waals surface area (Å²) < 4.78 is 37.7. The van der Waals surface area contributed by atoms with E-state index in [0.29, 0.717) is 22.0 Å². The molecule has 0 unspecified atom stereocenters. The van der Waals surface area contributed by atoms with Gasteiger partial charge in [-0.1, -0.05) is 35.9 Å². The molecule has 0 heterocycles. The van der Waals surface area contributed by atoms with Crippen LogP contribution in [-0.2, 0) is 6.18 Å². The molecular weight excluding hydrogens is 414 g/mol. The first kappa shape index (κ1) is 23.5. The molecule has 0 amide bonds. The van der Waals surface area contributed by atoms with Crippen molar-refractivity contribution < 1.29 is 13.2 Å². The van der Waals surface area contributed by atoms with Crippen LogP contribution in [0.1, 0.15) is 30.5 Å². The molecule has 5 nitrogen and oxygen atoms in total. The van der Waals surface area contributed by atoms with Crippen molar-refractivity contribution in [2.24, 2.45) is 21.0 Å². The summed E-state index contributed by atoms with van der Waals surface area (Å²) in [7, 11) is 0. The molecule has 0 atom stereocenters. The van der Waals surface area contributed by atoms with E-state index in [9.17, 15) is 13.2 Å². The second-order valence-corrected chi connectivity index (χ2v) is 6.00. The molecule has 10 heteroatoms. The van der Waals surface area contributed by atoms with Crippen LogP contribution in [0.2, 0.25) is 5.02 Å². The summed E-state index contributed by atoms with van der Waals surface area (Å²) in [4.78, 5) is 0. The molecule has 0 bridgehead atoms. The zero-order valence-corrected chi connectivity index (χ0v) is 16.5. The van der Waals surface area contributed by atoms with Gasteiger partial charge in [-0.15, -0.1) is 17.5 Å². The van der Waals surface area contributed by atoms with Crippen molar-refractivity contribution in [1.29, 1.82) is 0 Å². The number of benzene rings is 2. The largest absolute Gasteiger partial charge is 0.416 e. The van der Waals surface area contributed by atoms with Gasteiger partial charge in [0.15, 0.2) is 0 Å². The van der Waals surface area contributed by atoms with E-state index in [-0.39, 0.29) is 18.4 Å². The van der Waals surface area contributed by atoms with Gasteiger partial charge in [0.2, 0.25) is 5.96 Å². The Labute approximate surface area is 171 Å². The lowest BCUT2D eigenvalue weighted by Gasteiger charge is -2.07. The fourth-order valence-electron chi connectivity index (χ4n) is 2.01. The minimum atomic E-state index is -4.38. The Bertz CT molecular complexity index is 874. The zero-order chi connectivity index (χ0) is 20.0. The SMILES string of the molecule is CC(=NN=C(N)NN=C(C)c1ccc(Cl)cc1)c1ccc(C(F)(F)F)cc1.Cl. The minimum absolute atomic E-state index is 0. The van der Waals surface area contributed by atoms with E-state index < -0.39 is 11.7 Å². The Morgan fingerprint density at radius 2 is 1.39 bits per heavy atom. The van der Waals surface area contributed by atoms with Crippen molar-refractivity contribution in [3.05, 3.63) is 70.2 Å². The number of nitrogens with one attached hydrogen (secondary N) is 1. The first-order chi connectivity index (χ1) is 12.7. The van der Waals surface area contributed by atoms with Gasteiger partial charge in [0.1, 0.15) is 0 Å². The average Bonchev–Trinajstić information content (AvgIpc) is 2.64. The zero-order valence-electron chi connectivity index (χ0n) is 15.0. The van der Waals surface area contributed by atoms with E-state index in [0.717, 1.165) is 17.7 Å². The van der Waals surface area contributed by atoms with Gasteiger partial charge >= 0.3 is 6.18 Å². The van der Waals surface area contributed by atoms with Crippen LogP contribution < -0.4 is 11.2 Å². The standard InChI is InChI=1S/C18H17ClF3N5.ClH/c1-11(13-3-7-15(8-4-13)18(20,21)22)24-26-17(23)27-25-12(2)14-5-9-16(19)10-6-14;/h3-10H,1-2H3,(H3,23,26,27);1H. The van der Waals surface area contributed by atoms with Gasteiger partial charge in [0, 0.05) is 5.02 Å². The molecule has 3 N–H and O–H groups in total. The maximum absolute atomic E-state index is 12.6. The molecule has 2 aromatic rings. The summed E-state index contributed by atoms with van der Waals surface area (Å²) in [6.45, 7) is 3.39. The highest BCUT2D eigenvalue weighted by Crippen LogP contribution is 2.29. The fourth-order valence-corrected chi connectivity index (χ4v) is 2.13. The lowest BCUT2D eigenvalue weighted by molar-refractivity contribution is -0.137. The van der Waals surface area contributed by atoms with Crippen LogP contribution >= 0.6 is 24.0 Å². The second kappa shape index (κ2) is 10.1. The second-order valence-electron chi connectivity index (χ2n) is 5.56. The molecule has 0 aliphatic rings. The summed E-state index contributed by atoms with van der Waals surface area (Å²) in [5.41, 5.74) is 9.94. The van der Waals surface area contributed by atoms with E-state index in [1.807, 2.05) is 12.1 Å². The summed E-state index contributed by atoms with van der Waals surface area (Å²) in [6.07, 6.45) is -4.38. The topological polar surface area (TPSA) is 75.1 Å². The number of nitrogens with two attached hydrogens (primary N) is 1. The Morgan fingerprint density at radius 1 is 0.893 bits per heavy atom. The van der Waals surface area contributed by atoms with Gasteiger partial charge in [-0.2, -0.15) is 23.4 Å². The number of hydrazone groups is 1. The van der Waals surface area contributed by atoms with Crippen LogP contribution in [0.5, 0.6) is 0 Å². The van der Waals surface area contributed by atoms with Crippen LogP contribution in [0.4, 0.5) is 13.2 Å². The maximum atomic E-state index is 12.6. The summed E-state index contributed by atoms with van der Waals surface area (Å²) in [5.74, 6) is -0.0606. The highest BCUT2D eigenvalue weighted by Gasteiger charge is 2.29. The predicted octanol–water partition coefficient (Wildman–Crippen LogP) is 4.83. The molecule has 150 valence electrons. The molecule has 0 saturated carbocycles. The lowest BCUT2D eigenvalue weighted by atomic mass is 10.1. The molecule has 0 fully saturated rings. The van der Waals surface area contributed by atoms with Crippen molar-refractivity contribution in [3.8, 4) is 0 Å². The normalized spacial score (nSPS) is 13.1. The van der Waals surface area contributed by atoms with Gasteiger partial charge in [0.25, 0.3) is 0 Å². The van der Waals surface area contributed by atoms with Crippen LogP contribution in [0.3, 0.4) is 0 Å². The summed E-state index contributed by atoms with van der Waals surface area (Å²) in [5, 5.41) is 12.4. The third-order valence-electron chi connectivity index (χ3n) is 3.54. The molecule has 0 aliphatic heterocycles. The van der Waals surface area contributed by atoms with Gasteiger partial charge in [-0.3, -0.25) is 0 Å². The maximum Gasteiger partial charge on any atom is 0.416 e. The average molecular weight is 432 g/mol. The molecule has 2 rings (SSSR count). The van der Waals surface area contributed by atoms with Gasteiger partial charge < -0.3 is 5.73 Å². The third kappa shape index (κ3) is 6.86. The monoisotopic (exact) mass is 431 g/mol. The number of halogens is 5. The van der Waals surface area contributed by atoms with Crippen LogP contribution in [0, 0.1) is 0 Å². The van der Waals surface area contributed by atoms with E-state index in [2.05, 4.69) is 20.7 Å². The Hall–Kier alpha value is -2.58. The Balaban J connectivity index is 0.00000392. The van der Waals surface area contributed by atoms with Crippen LogP contribution in [-0.4, -0.2) is 17.4 Å². The van der Waals surface area contributed by atoms with E-state index in [1.54, 1.807) is 26.0 Å². The smallest absolute Gasteiger partial charge is 0.367 e. The third-order valence-corrected chi connectivity index (χ3v) is 3.79. The highest BCUT2D eigenvalue weighted by molar-refractivity contribution is 6.30. The lowest BCUT2D eigenvalue weighted by Crippen LogP contribution is -2.27. The van der Waals surface area contributed by atoms with Crippen LogP contribution in [0.15, 0.2) is 63.8 Å². The van der Waals surface area contributed by atoms with Gasteiger partial charge in [-0.25, -0.2) is 5.43 Å². The van der Waals surface area contributed by atoms with Crippen molar-refractivity contribution in [3.63, 3.8) is 0 Å².